The first-order chi connectivity index (χ1) is 14.6. The van der Waals surface area contributed by atoms with Crippen LogP contribution in [0.2, 0.25) is 0 Å². The topological polar surface area (TPSA) is 162 Å². The van der Waals surface area contributed by atoms with Gasteiger partial charge in [0.15, 0.2) is 17.2 Å². The van der Waals surface area contributed by atoms with Crippen LogP contribution >= 0.6 is 0 Å². The molecule has 1 heterocycles. The number of hydrogen-bond acceptors (Lipinski definition) is 7. The molecule has 10 heteroatoms. The molecule has 166 valence electrons. The molecule has 0 atom stereocenters. The van der Waals surface area contributed by atoms with E-state index < -0.39 is 16.2 Å². The Balaban J connectivity index is 0.000000614. The van der Waals surface area contributed by atoms with Crippen molar-refractivity contribution in [2.75, 3.05) is 14.2 Å². The summed E-state index contributed by atoms with van der Waals surface area (Å²) < 4.78 is 44.8. The Morgan fingerprint density at radius 1 is 1.03 bits per heavy atom. The number of aryl methyl sites for hydroxylation is 1. The minimum atomic E-state index is -4.94. The number of benzene rings is 2. The van der Waals surface area contributed by atoms with E-state index in [4.69, 9.17) is 28.1 Å². The first-order valence-corrected chi connectivity index (χ1v) is 10.4. The standard InChI is InChI=1S/C21H21NO4.ClHO4/c1-4-7-17-16-12-20(26-3)19(25-2)11-13(16)10-18(22-17)14-8-5-6-9-15(14)21(23)24;2-1(3,4)5/h5-6,8-12H,4,7H2,1-3H3,(H,23,24);(H,2,3,4,5). The highest BCUT2D eigenvalue weighted by Crippen LogP contribution is 2.34. The zero-order chi connectivity index (χ0) is 23.2. The maximum absolute atomic E-state index is 11.6. The van der Waals surface area contributed by atoms with E-state index in [1.54, 1.807) is 26.4 Å². The molecule has 2 N–H and O–H groups in total. The van der Waals surface area contributed by atoms with Crippen LogP contribution in [0.15, 0.2) is 42.5 Å². The molecule has 0 radical (unpaired) electrons. The highest BCUT2D eigenvalue weighted by atomic mass is 35.7. The summed E-state index contributed by atoms with van der Waals surface area (Å²) in [6, 6.07) is 12.8. The summed E-state index contributed by atoms with van der Waals surface area (Å²) in [4.78, 5) is 15.0. The molecule has 0 aliphatic carbocycles. The summed E-state index contributed by atoms with van der Waals surface area (Å²) in [6.07, 6.45) is 1.80. The molecule has 0 saturated heterocycles. The Hall–Kier alpha value is -2.95. The average Bonchev–Trinajstić information content (AvgIpc) is 2.71. The molecule has 0 amide bonds. The number of aromatic amines is 1. The van der Waals surface area contributed by atoms with Crippen LogP contribution in [0.1, 0.15) is 29.4 Å². The maximum atomic E-state index is 11.6. The van der Waals surface area contributed by atoms with Gasteiger partial charge in [0.05, 0.1) is 30.7 Å². The first kappa shape index (κ1) is 24.3. The van der Waals surface area contributed by atoms with Gasteiger partial charge in [-0.25, -0.2) is 28.4 Å². The number of H-pyrrole nitrogens is 1. The number of nitrogens with one attached hydrogen (secondary N) is 1. The lowest BCUT2D eigenvalue weighted by molar-refractivity contribution is -2.00. The third-order valence-corrected chi connectivity index (χ3v) is 4.41. The number of hydrogen-bond donors (Lipinski definition) is 1. The fourth-order valence-corrected chi connectivity index (χ4v) is 3.19. The van der Waals surface area contributed by atoms with Gasteiger partial charge in [0.1, 0.15) is 0 Å². The number of aromatic nitrogens is 1. The Morgan fingerprint density at radius 2 is 1.61 bits per heavy atom. The zero-order valence-electron chi connectivity index (χ0n) is 17.1. The molecule has 0 aliphatic heterocycles. The van der Waals surface area contributed by atoms with Gasteiger partial charge in [-0.1, -0.05) is 19.1 Å². The van der Waals surface area contributed by atoms with E-state index in [-0.39, 0.29) is 5.56 Å². The number of carbonyl (C=O) groups is 1. The predicted molar refractivity (Wildman–Crippen MR) is 100.0 cm³/mol. The molecule has 9 nitrogen and oxygen atoms in total. The molecule has 0 bridgehead atoms. The Bertz CT molecular complexity index is 1060. The van der Waals surface area contributed by atoms with Crippen LogP contribution in [-0.4, -0.2) is 25.3 Å². The number of aromatic carboxylic acids is 1. The van der Waals surface area contributed by atoms with Crippen LogP contribution in [-0.2, 0) is 6.42 Å². The van der Waals surface area contributed by atoms with E-state index in [0.29, 0.717) is 17.1 Å². The lowest BCUT2D eigenvalue weighted by atomic mass is 9.99. The van der Waals surface area contributed by atoms with Crippen LogP contribution in [0.3, 0.4) is 0 Å². The lowest BCUT2D eigenvalue weighted by Gasteiger charge is -2.17. The Labute approximate surface area is 180 Å². The van der Waals surface area contributed by atoms with Gasteiger partial charge in [0.25, 0.3) is 0 Å². The maximum Gasteiger partial charge on any atom is 0.336 e. The van der Waals surface area contributed by atoms with Crippen molar-refractivity contribution in [3.05, 3.63) is 53.7 Å². The van der Waals surface area contributed by atoms with Crippen LogP contribution in [0, 0.1) is 10.2 Å². The van der Waals surface area contributed by atoms with Gasteiger partial charge in [-0.05, 0) is 36.1 Å². The molecule has 0 unspecified atom stereocenters. The number of ether oxygens (including phenoxy) is 2. The molecular weight excluding hydrogens is 430 g/mol. The molecule has 0 aliphatic rings. The number of carboxylic acid groups (broad SMARTS) is 1. The number of methoxy groups -OCH3 is 2. The van der Waals surface area contributed by atoms with Crippen LogP contribution < -0.4 is 33.1 Å². The van der Waals surface area contributed by atoms with Gasteiger partial charge < -0.3 is 14.6 Å². The van der Waals surface area contributed by atoms with Crippen molar-refractivity contribution in [2.45, 2.75) is 19.8 Å². The van der Waals surface area contributed by atoms with Gasteiger partial charge in [-0.2, -0.15) is 0 Å². The highest BCUT2D eigenvalue weighted by Gasteiger charge is 2.20. The molecule has 31 heavy (non-hydrogen) atoms. The largest absolute Gasteiger partial charge is 0.493 e. The van der Waals surface area contributed by atoms with Crippen LogP contribution in [0.4, 0.5) is 0 Å². The average molecular weight is 452 g/mol. The van der Waals surface area contributed by atoms with Gasteiger partial charge in [-0.15, -0.1) is 10.2 Å². The van der Waals surface area contributed by atoms with Crippen molar-refractivity contribution in [3.63, 3.8) is 0 Å². The van der Waals surface area contributed by atoms with Crippen molar-refractivity contribution in [1.82, 2.24) is 0 Å². The molecule has 3 rings (SSSR count). The molecule has 3 aromatic rings. The van der Waals surface area contributed by atoms with Crippen molar-refractivity contribution in [1.29, 1.82) is 0 Å². The molecule has 1 aromatic heterocycles. The van der Waals surface area contributed by atoms with E-state index in [0.717, 1.165) is 35.0 Å². The first-order valence-electron chi connectivity index (χ1n) is 9.14. The third kappa shape index (κ3) is 6.51. The Morgan fingerprint density at radius 3 is 2.16 bits per heavy atom. The monoisotopic (exact) mass is 451 g/mol. The zero-order valence-corrected chi connectivity index (χ0v) is 17.9. The van der Waals surface area contributed by atoms with E-state index in [1.807, 2.05) is 30.3 Å². The lowest BCUT2D eigenvalue weighted by Crippen LogP contribution is -2.68. The van der Waals surface area contributed by atoms with Gasteiger partial charge >= 0.3 is 5.97 Å². The molecule has 0 fully saturated rings. The second-order valence-electron chi connectivity index (χ2n) is 6.43. The predicted octanol–water partition coefficient (Wildman–Crippen LogP) is -0.767. The summed E-state index contributed by atoms with van der Waals surface area (Å²) in [6.45, 7) is 2.11. The molecule has 2 aromatic carbocycles. The molecular formula is C21H22ClNO8. The highest BCUT2D eigenvalue weighted by molar-refractivity contribution is 5.96. The van der Waals surface area contributed by atoms with Gasteiger partial charge in [0.2, 0.25) is 5.69 Å². The van der Waals surface area contributed by atoms with Crippen molar-refractivity contribution < 1.29 is 53.2 Å². The summed E-state index contributed by atoms with van der Waals surface area (Å²) in [7, 11) is -1.73. The van der Waals surface area contributed by atoms with Gasteiger partial charge in [-0.3, -0.25) is 0 Å². The quantitative estimate of drug-likeness (QED) is 0.510. The van der Waals surface area contributed by atoms with Crippen LogP contribution in [0.25, 0.3) is 22.0 Å². The van der Waals surface area contributed by atoms with E-state index in [2.05, 4.69) is 11.9 Å². The third-order valence-electron chi connectivity index (χ3n) is 4.41. The summed E-state index contributed by atoms with van der Waals surface area (Å²) >= 11 is 0. The normalized spacial score (nSPS) is 10.9. The number of halogens is 1. The number of carboxylic acids is 1. The van der Waals surface area contributed by atoms with Crippen LogP contribution in [0.5, 0.6) is 11.5 Å². The summed E-state index contributed by atoms with van der Waals surface area (Å²) in [5.74, 6) is 0.369. The van der Waals surface area contributed by atoms with E-state index >= 15 is 0 Å². The van der Waals surface area contributed by atoms with E-state index in [1.165, 1.54) is 0 Å². The number of pyridine rings is 1. The van der Waals surface area contributed by atoms with Crippen molar-refractivity contribution in [3.8, 4) is 22.8 Å². The Kier molecular flexibility index (Phi) is 8.14. The number of rotatable bonds is 6. The summed E-state index contributed by atoms with van der Waals surface area (Å²) in [5, 5.41) is 11.5. The van der Waals surface area contributed by atoms with Crippen molar-refractivity contribution >= 4 is 16.7 Å². The fourth-order valence-electron chi connectivity index (χ4n) is 3.19. The minimum absolute atomic E-state index is 0.269. The molecule has 0 saturated carbocycles. The summed E-state index contributed by atoms with van der Waals surface area (Å²) in [5.41, 5.74) is 2.74. The second-order valence-corrected chi connectivity index (χ2v) is 7.19. The smallest absolute Gasteiger partial charge is 0.336 e. The fraction of sp³-hybridized carbons (Fsp3) is 0.238. The SMILES string of the molecule is CCCc1[nH+]c(-c2ccccc2C(=O)O)cc2cc(OC)c(OC)cc12.[O-][Cl+3]([O-])([O-])[O-]. The second kappa shape index (κ2) is 10.4. The minimum Gasteiger partial charge on any atom is -0.493 e. The molecule has 0 spiro atoms. The van der Waals surface area contributed by atoms with Gasteiger partial charge in [0, 0.05) is 12.5 Å². The van der Waals surface area contributed by atoms with Crippen molar-refractivity contribution in [2.24, 2.45) is 0 Å². The van der Waals surface area contributed by atoms with E-state index in [9.17, 15) is 9.90 Å². The number of fused-ring (bicyclic) bond motifs is 1.